The van der Waals surface area contributed by atoms with Crippen molar-refractivity contribution < 1.29 is 23.5 Å². The molecule has 3 amide bonds. The van der Waals surface area contributed by atoms with Gasteiger partial charge in [0.25, 0.3) is 0 Å². The van der Waals surface area contributed by atoms with Gasteiger partial charge in [-0.1, -0.05) is 44.4 Å². The summed E-state index contributed by atoms with van der Waals surface area (Å²) in [4.78, 5) is 34.2. The first-order chi connectivity index (χ1) is 21.5. The minimum absolute atomic E-state index is 0.189. The molecule has 2 heterocycles. The first kappa shape index (κ1) is 32.7. The highest BCUT2D eigenvalue weighted by Crippen LogP contribution is 2.39. The number of nitrogens with one attached hydrogen (secondary N) is 2. The number of urea groups is 1. The number of likely N-dealkylation sites (tertiary alicyclic amines) is 1. The highest BCUT2D eigenvalue weighted by molar-refractivity contribution is 6.16. The smallest absolute Gasteiger partial charge is 0.407 e. The number of halogens is 1. The standard InChI is InChI=1S/C35H48FN5O4/c1-5-29(23-37-33(43)45-34(2,3)4)44-30-16-9-11-25(21-30)24-40-19-17-35(18-20-40)31(38-27-13-7-6-8-14-27)39-32(42)41(35)28-15-10-12-26(36)22-28/h9-12,15-16,21-22,27,29H,5-8,13-14,17-20,23-24H2,1-4H3,(H,37,43)(H,38,39,42). The SMILES string of the molecule is CCC(CNC(=O)OC(C)(C)C)Oc1cccc(CN2CCC3(CC2)C(NC2CCCCC2)=NC(=O)N3c2cccc(F)c2)c1. The summed E-state index contributed by atoms with van der Waals surface area (Å²) in [5.41, 5.74) is 0.492. The molecule has 2 N–H and O–H groups in total. The zero-order chi connectivity index (χ0) is 32.0. The molecule has 0 bridgehead atoms. The molecule has 3 aliphatic rings. The van der Waals surface area contributed by atoms with E-state index >= 15 is 0 Å². The lowest BCUT2D eigenvalue weighted by atomic mass is 9.83. The Morgan fingerprint density at radius 2 is 1.82 bits per heavy atom. The maximum atomic E-state index is 14.3. The minimum atomic E-state index is -0.626. The van der Waals surface area contributed by atoms with E-state index < -0.39 is 17.2 Å². The molecule has 5 rings (SSSR count). The number of amides is 3. The normalized spacial score (nSPS) is 19.7. The Morgan fingerprint density at radius 3 is 2.51 bits per heavy atom. The van der Waals surface area contributed by atoms with E-state index in [1.165, 1.54) is 31.4 Å². The van der Waals surface area contributed by atoms with Gasteiger partial charge in [0.05, 0.1) is 6.54 Å². The Kier molecular flexibility index (Phi) is 10.3. The average Bonchev–Trinajstić information content (AvgIpc) is 3.25. The van der Waals surface area contributed by atoms with Crippen LogP contribution < -0.4 is 20.3 Å². The fourth-order valence-corrected chi connectivity index (χ4v) is 6.61. The van der Waals surface area contributed by atoms with E-state index in [0.717, 1.165) is 56.0 Å². The fourth-order valence-electron chi connectivity index (χ4n) is 6.61. The Labute approximate surface area is 266 Å². The first-order valence-corrected chi connectivity index (χ1v) is 16.4. The predicted molar refractivity (Wildman–Crippen MR) is 174 cm³/mol. The van der Waals surface area contributed by atoms with Crippen LogP contribution in [-0.2, 0) is 11.3 Å². The molecule has 9 nitrogen and oxygen atoms in total. The molecule has 1 atom stereocenters. The van der Waals surface area contributed by atoms with Crippen LogP contribution in [0.25, 0.3) is 0 Å². The van der Waals surface area contributed by atoms with E-state index in [9.17, 15) is 14.0 Å². The molecule has 10 heteroatoms. The van der Waals surface area contributed by atoms with Crippen LogP contribution in [0.1, 0.15) is 84.6 Å². The largest absolute Gasteiger partial charge is 0.489 e. The van der Waals surface area contributed by atoms with Gasteiger partial charge in [-0.2, -0.15) is 4.99 Å². The summed E-state index contributed by atoms with van der Waals surface area (Å²) in [6.07, 6.45) is 7.21. The summed E-state index contributed by atoms with van der Waals surface area (Å²) in [7, 11) is 0. The molecule has 244 valence electrons. The number of carbonyl (C=O) groups excluding carboxylic acids is 2. The van der Waals surface area contributed by atoms with Crippen LogP contribution in [0.3, 0.4) is 0 Å². The molecule has 2 fully saturated rings. The molecule has 0 aromatic heterocycles. The van der Waals surface area contributed by atoms with Gasteiger partial charge in [-0.05, 0) is 88.8 Å². The molecule has 45 heavy (non-hydrogen) atoms. The van der Waals surface area contributed by atoms with Gasteiger partial charge in [-0.3, -0.25) is 9.80 Å². The maximum Gasteiger partial charge on any atom is 0.407 e. The highest BCUT2D eigenvalue weighted by Gasteiger charge is 2.52. The lowest BCUT2D eigenvalue weighted by molar-refractivity contribution is 0.0499. The number of ether oxygens (including phenoxy) is 2. The summed E-state index contributed by atoms with van der Waals surface area (Å²) in [6, 6.07) is 14.3. The number of benzene rings is 2. The molecule has 0 radical (unpaired) electrons. The molecule has 1 saturated heterocycles. The van der Waals surface area contributed by atoms with Gasteiger partial charge in [-0.15, -0.1) is 0 Å². The van der Waals surface area contributed by atoms with Crippen molar-refractivity contribution in [1.29, 1.82) is 0 Å². The number of piperidine rings is 1. The molecular weight excluding hydrogens is 573 g/mol. The summed E-state index contributed by atoms with van der Waals surface area (Å²) in [6.45, 7) is 10.1. The third kappa shape index (κ3) is 8.34. The van der Waals surface area contributed by atoms with Crippen molar-refractivity contribution in [2.75, 3.05) is 24.5 Å². The average molecular weight is 622 g/mol. The molecule has 1 spiro atoms. The topological polar surface area (TPSA) is 95.5 Å². The zero-order valence-corrected chi connectivity index (χ0v) is 27.1. The summed E-state index contributed by atoms with van der Waals surface area (Å²) < 4.78 is 25.9. The van der Waals surface area contributed by atoms with Gasteiger partial charge in [0, 0.05) is 31.4 Å². The lowest BCUT2D eigenvalue weighted by Gasteiger charge is -2.45. The zero-order valence-electron chi connectivity index (χ0n) is 27.1. The molecule has 2 aromatic rings. The predicted octanol–water partition coefficient (Wildman–Crippen LogP) is 6.80. The number of carbonyl (C=O) groups is 2. The third-order valence-corrected chi connectivity index (χ3v) is 8.90. The van der Waals surface area contributed by atoms with E-state index in [0.29, 0.717) is 31.1 Å². The number of nitrogens with zero attached hydrogens (tertiary/aromatic N) is 3. The van der Waals surface area contributed by atoms with Gasteiger partial charge >= 0.3 is 12.1 Å². The Hall–Kier alpha value is -3.66. The van der Waals surface area contributed by atoms with Gasteiger partial charge in [0.2, 0.25) is 0 Å². The molecule has 1 unspecified atom stereocenters. The van der Waals surface area contributed by atoms with Crippen molar-refractivity contribution in [2.45, 2.75) is 109 Å². The maximum absolute atomic E-state index is 14.3. The van der Waals surface area contributed by atoms with Crippen molar-refractivity contribution in [3.05, 3.63) is 59.9 Å². The van der Waals surface area contributed by atoms with Crippen LogP contribution >= 0.6 is 0 Å². The van der Waals surface area contributed by atoms with E-state index in [2.05, 4.69) is 32.7 Å². The number of hydrogen-bond acceptors (Lipinski definition) is 6. The second-order valence-corrected chi connectivity index (χ2v) is 13.5. The van der Waals surface area contributed by atoms with Crippen LogP contribution in [0.15, 0.2) is 53.5 Å². The molecule has 2 aromatic carbocycles. The van der Waals surface area contributed by atoms with Crippen molar-refractivity contribution in [3.8, 4) is 5.75 Å². The van der Waals surface area contributed by atoms with Gasteiger partial charge in [0.1, 0.15) is 34.6 Å². The van der Waals surface area contributed by atoms with Crippen LogP contribution in [0.5, 0.6) is 5.75 Å². The number of amidine groups is 1. The van der Waals surface area contributed by atoms with Crippen molar-refractivity contribution >= 4 is 23.6 Å². The summed E-state index contributed by atoms with van der Waals surface area (Å²) in [5, 5.41) is 6.48. The van der Waals surface area contributed by atoms with Crippen LogP contribution in [0.2, 0.25) is 0 Å². The quantitative estimate of drug-likeness (QED) is 0.320. The lowest BCUT2D eigenvalue weighted by Crippen LogP contribution is -2.62. The molecule has 2 aliphatic heterocycles. The molecule has 1 saturated carbocycles. The summed E-state index contributed by atoms with van der Waals surface area (Å²) >= 11 is 0. The van der Waals surface area contributed by atoms with Crippen LogP contribution in [-0.4, -0.2) is 65.8 Å². The number of anilines is 1. The van der Waals surface area contributed by atoms with Crippen LogP contribution in [0, 0.1) is 5.82 Å². The monoisotopic (exact) mass is 621 g/mol. The number of aliphatic imine (C=N–C) groups is 1. The number of alkyl carbamates (subject to hydrolysis) is 1. The van der Waals surface area contributed by atoms with E-state index in [-0.39, 0.29) is 18.0 Å². The minimum Gasteiger partial charge on any atom is -0.489 e. The van der Waals surface area contributed by atoms with E-state index in [1.54, 1.807) is 17.0 Å². The van der Waals surface area contributed by atoms with E-state index in [1.807, 2.05) is 39.8 Å². The van der Waals surface area contributed by atoms with Crippen molar-refractivity contribution in [2.24, 2.45) is 4.99 Å². The van der Waals surface area contributed by atoms with Crippen molar-refractivity contribution in [1.82, 2.24) is 15.5 Å². The first-order valence-electron chi connectivity index (χ1n) is 16.4. The van der Waals surface area contributed by atoms with Gasteiger partial charge in [0.15, 0.2) is 0 Å². The third-order valence-electron chi connectivity index (χ3n) is 8.90. The Morgan fingerprint density at radius 1 is 1.09 bits per heavy atom. The Bertz CT molecular complexity index is 1360. The summed E-state index contributed by atoms with van der Waals surface area (Å²) in [5.74, 6) is 1.13. The van der Waals surface area contributed by atoms with Crippen molar-refractivity contribution in [3.63, 3.8) is 0 Å². The second-order valence-electron chi connectivity index (χ2n) is 13.5. The molecular formula is C35H48FN5O4. The Balaban J connectivity index is 1.24. The fraction of sp³-hybridized carbons (Fsp3) is 0.571. The van der Waals surface area contributed by atoms with E-state index in [4.69, 9.17) is 9.47 Å². The van der Waals surface area contributed by atoms with Crippen LogP contribution in [0.4, 0.5) is 19.7 Å². The number of hydrogen-bond donors (Lipinski definition) is 2. The van der Waals surface area contributed by atoms with Gasteiger partial charge in [-0.25, -0.2) is 14.0 Å². The number of rotatable bonds is 9. The molecule has 1 aliphatic carbocycles. The second kappa shape index (κ2) is 14.2. The van der Waals surface area contributed by atoms with Gasteiger partial charge < -0.3 is 20.1 Å². The highest BCUT2D eigenvalue weighted by atomic mass is 19.1.